The van der Waals surface area contributed by atoms with Gasteiger partial charge in [0.15, 0.2) is 0 Å². The third kappa shape index (κ3) is 3.38. The number of benzene rings is 1. The van der Waals surface area contributed by atoms with Gasteiger partial charge in [-0.3, -0.25) is 9.78 Å². The van der Waals surface area contributed by atoms with E-state index in [0.29, 0.717) is 17.9 Å². The monoisotopic (exact) mass is 361 g/mol. The molecule has 0 aliphatic heterocycles. The zero-order chi connectivity index (χ0) is 17.9. The lowest BCUT2D eigenvalue weighted by molar-refractivity contribution is 0.643. The zero-order valence-corrected chi connectivity index (χ0v) is 14.6. The maximum absolute atomic E-state index is 12.2. The number of nitrogen functional groups attached to an aromatic ring is 1. The van der Waals surface area contributed by atoms with E-state index in [-0.39, 0.29) is 5.56 Å². The summed E-state index contributed by atoms with van der Waals surface area (Å²) >= 11 is 1.49. The van der Waals surface area contributed by atoms with Crippen LogP contribution in [0.15, 0.2) is 71.1 Å². The molecule has 0 saturated carbocycles. The number of nitrogens with two attached hydrogens (primary N) is 1. The van der Waals surface area contributed by atoms with Crippen molar-refractivity contribution in [2.45, 2.75) is 6.54 Å². The van der Waals surface area contributed by atoms with Crippen molar-refractivity contribution in [3.05, 3.63) is 82.2 Å². The average molecular weight is 361 g/mol. The van der Waals surface area contributed by atoms with E-state index in [0.717, 1.165) is 21.8 Å². The van der Waals surface area contributed by atoms with Crippen molar-refractivity contribution in [2.75, 3.05) is 5.73 Å². The summed E-state index contributed by atoms with van der Waals surface area (Å²) in [7, 11) is 0. The summed E-state index contributed by atoms with van der Waals surface area (Å²) in [6.07, 6.45) is 3.47. The van der Waals surface area contributed by atoms with Crippen LogP contribution in [0.4, 0.5) is 5.69 Å². The molecule has 128 valence electrons. The van der Waals surface area contributed by atoms with E-state index in [1.54, 1.807) is 18.5 Å². The Morgan fingerprint density at radius 2 is 1.88 bits per heavy atom. The quantitative estimate of drug-likeness (QED) is 0.565. The first-order valence-corrected chi connectivity index (χ1v) is 8.86. The molecular weight excluding hydrogens is 346 g/mol. The van der Waals surface area contributed by atoms with Gasteiger partial charge in [0, 0.05) is 35.1 Å². The summed E-state index contributed by atoms with van der Waals surface area (Å²) in [5.74, 6) is 0. The minimum atomic E-state index is -0.165. The van der Waals surface area contributed by atoms with Crippen LogP contribution in [-0.4, -0.2) is 19.7 Å². The maximum Gasteiger partial charge on any atom is 0.267 e. The molecule has 0 unspecified atom stereocenters. The molecule has 0 radical (unpaired) electrons. The van der Waals surface area contributed by atoms with Gasteiger partial charge in [0.25, 0.3) is 5.56 Å². The molecule has 3 heterocycles. The van der Waals surface area contributed by atoms with Gasteiger partial charge < -0.3 is 5.73 Å². The molecule has 3 aromatic heterocycles. The molecule has 0 spiro atoms. The first-order chi connectivity index (χ1) is 12.7. The van der Waals surface area contributed by atoms with Gasteiger partial charge in [-0.05, 0) is 35.9 Å². The minimum Gasteiger partial charge on any atom is -0.399 e. The van der Waals surface area contributed by atoms with Crippen LogP contribution in [0.25, 0.3) is 22.0 Å². The van der Waals surface area contributed by atoms with Crippen molar-refractivity contribution in [1.82, 2.24) is 19.7 Å². The fraction of sp³-hybridized carbons (Fsp3) is 0.0526. The highest BCUT2D eigenvalue weighted by Crippen LogP contribution is 2.26. The highest BCUT2D eigenvalue weighted by atomic mass is 32.1. The largest absolute Gasteiger partial charge is 0.399 e. The number of rotatable bonds is 4. The number of pyridine rings is 1. The average Bonchev–Trinajstić information content (AvgIpc) is 3.14. The van der Waals surface area contributed by atoms with Gasteiger partial charge in [-0.15, -0.1) is 11.3 Å². The van der Waals surface area contributed by atoms with Gasteiger partial charge in [0.2, 0.25) is 0 Å². The molecule has 0 aliphatic rings. The fourth-order valence-electron chi connectivity index (χ4n) is 2.59. The molecule has 4 aromatic rings. The first kappa shape index (κ1) is 16.2. The van der Waals surface area contributed by atoms with Gasteiger partial charge in [-0.1, -0.05) is 12.1 Å². The lowest BCUT2D eigenvalue weighted by Gasteiger charge is -2.06. The lowest BCUT2D eigenvalue weighted by atomic mass is 10.2. The summed E-state index contributed by atoms with van der Waals surface area (Å²) in [6.45, 7) is 0.361. The van der Waals surface area contributed by atoms with Crippen LogP contribution in [0.1, 0.15) is 5.56 Å². The van der Waals surface area contributed by atoms with Crippen molar-refractivity contribution < 1.29 is 0 Å². The van der Waals surface area contributed by atoms with Crippen LogP contribution in [0.5, 0.6) is 0 Å². The first-order valence-electron chi connectivity index (χ1n) is 7.98. The Balaban J connectivity index is 1.66. The molecule has 4 rings (SSSR count). The van der Waals surface area contributed by atoms with Crippen molar-refractivity contribution in [2.24, 2.45) is 0 Å². The molecule has 0 saturated heterocycles. The Morgan fingerprint density at radius 1 is 1.04 bits per heavy atom. The Kier molecular flexibility index (Phi) is 4.28. The van der Waals surface area contributed by atoms with Gasteiger partial charge in [-0.25, -0.2) is 9.67 Å². The van der Waals surface area contributed by atoms with Crippen LogP contribution < -0.4 is 11.3 Å². The van der Waals surface area contributed by atoms with Crippen LogP contribution >= 0.6 is 11.3 Å². The highest BCUT2D eigenvalue weighted by molar-refractivity contribution is 7.13. The SMILES string of the molecule is Nc1cccc(Cn2nc(-c3nc(-c4ccncc4)cs3)ccc2=O)c1. The molecule has 0 amide bonds. The standard InChI is InChI=1S/C19H15N5OS/c20-15-3-1-2-13(10-15)11-24-18(25)5-4-16(23-24)19-22-17(12-26-19)14-6-8-21-9-7-14/h1-10,12H,11,20H2. The number of hydrogen-bond acceptors (Lipinski definition) is 6. The molecule has 0 aliphatic carbocycles. The second-order valence-electron chi connectivity index (χ2n) is 5.73. The van der Waals surface area contributed by atoms with Crippen LogP contribution in [0, 0.1) is 0 Å². The maximum atomic E-state index is 12.2. The second kappa shape index (κ2) is 6.89. The van der Waals surface area contributed by atoms with Gasteiger partial charge in [0.05, 0.1) is 12.2 Å². The van der Waals surface area contributed by atoms with E-state index >= 15 is 0 Å². The summed E-state index contributed by atoms with van der Waals surface area (Å²) in [4.78, 5) is 20.8. The third-order valence-electron chi connectivity index (χ3n) is 3.85. The Hall–Kier alpha value is -3.32. The Bertz CT molecular complexity index is 1100. The minimum absolute atomic E-state index is 0.165. The van der Waals surface area contributed by atoms with Gasteiger partial charge in [0.1, 0.15) is 10.7 Å². The normalized spacial score (nSPS) is 10.8. The molecular formula is C19H15N5OS. The number of anilines is 1. The van der Waals surface area contributed by atoms with E-state index < -0.39 is 0 Å². The molecule has 7 heteroatoms. The highest BCUT2D eigenvalue weighted by Gasteiger charge is 2.10. The predicted octanol–water partition coefficient (Wildman–Crippen LogP) is 3.06. The van der Waals surface area contributed by atoms with E-state index in [2.05, 4.69) is 15.1 Å². The number of nitrogens with zero attached hydrogens (tertiary/aromatic N) is 4. The van der Waals surface area contributed by atoms with E-state index in [1.807, 2.05) is 41.8 Å². The molecule has 2 N–H and O–H groups in total. The van der Waals surface area contributed by atoms with E-state index in [9.17, 15) is 4.79 Å². The van der Waals surface area contributed by atoms with E-state index in [4.69, 9.17) is 5.73 Å². The molecule has 6 nitrogen and oxygen atoms in total. The van der Waals surface area contributed by atoms with Crippen molar-refractivity contribution in [3.63, 3.8) is 0 Å². The third-order valence-corrected chi connectivity index (χ3v) is 4.71. The predicted molar refractivity (Wildman–Crippen MR) is 103 cm³/mol. The van der Waals surface area contributed by atoms with Crippen LogP contribution in [0.3, 0.4) is 0 Å². The summed E-state index contributed by atoms with van der Waals surface area (Å²) in [6, 6.07) is 14.5. The Labute approximate surface area is 153 Å². The molecule has 1 aromatic carbocycles. The number of hydrogen-bond donors (Lipinski definition) is 1. The smallest absolute Gasteiger partial charge is 0.267 e. The Morgan fingerprint density at radius 3 is 2.69 bits per heavy atom. The van der Waals surface area contributed by atoms with Crippen LogP contribution in [0.2, 0.25) is 0 Å². The van der Waals surface area contributed by atoms with Crippen molar-refractivity contribution in [3.8, 4) is 22.0 Å². The molecule has 0 fully saturated rings. The summed E-state index contributed by atoms with van der Waals surface area (Å²) < 4.78 is 1.43. The van der Waals surface area contributed by atoms with Crippen molar-refractivity contribution >= 4 is 17.0 Å². The molecule has 26 heavy (non-hydrogen) atoms. The summed E-state index contributed by atoms with van der Waals surface area (Å²) in [5.41, 5.74) is 9.75. The fourth-order valence-corrected chi connectivity index (χ4v) is 3.38. The van der Waals surface area contributed by atoms with Gasteiger partial charge in [-0.2, -0.15) is 5.10 Å². The van der Waals surface area contributed by atoms with E-state index in [1.165, 1.54) is 22.1 Å². The lowest BCUT2D eigenvalue weighted by Crippen LogP contribution is -2.22. The molecule has 0 bridgehead atoms. The molecule has 0 atom stereocenters. The van der Waals surface area contributed by atoms with Gasteiger partial charge >= 0.3 is 0 Å². The topological polar surface area (TPSA) is 86.7 Å². The number of aromatic nitrogens is 4. The second-order valence-corrected chi connectivity index (χ2v) is 6.59. The number of thiazole rings is 1. The summed E-state index contributed by atoms with van der Waals surface area (Å²) in [5, 5.41) is 7.21. The van der Waals surface area contributed by atoms with Crippen LogP contribution in [-0.2, 0) is 6.54 Å². The van der Waals surface area contributed by atoms with Crippen molar-refractivity contribution in [1.29, 1.82) is 0 Å². The zero-order valence-electron chi connectivity index (χ0n) is 13.7.